The molecule has 0 amide bonds. The van der Waals surface area contributed by atoms with Crippen molar-refractivity contribution in [1.29, 1.82) is 0 Å². The molecule has 0 bridgehead atoms. The molecule has 0 saturated carbocycles. The average Bonchev–Trinajstić information content (AvgIpc) is 2.95. The predicted octanol–water partition coefficient (Wildman–Crippen LogP) is 3.83. The smallest absolute Gasteiger partial charge is 0.243 e. The van der Waals surface area contributed by atoms with Gasteiger partial charge in [-0.2, -0.15) is 4.98 Å². The van der Waals surface area contributed by atoms with Crippen molar-refractivity contribution in [3.05, 3.63) is 41.0 Å². The molecule has 6 heteroatoms. The lowest BCUT2D eigenvalue weighted by molar-refractivity contribution is 0.296. The minimum atomic E-state index is 0.223. The SMILES string of the molecule is Clc1cccc(SCc2noc([C@H]3CCCCN3)n2)c1. The zero-order chi connectivity index (χ0) is 13.8. The molecule has 1 aliphatic rings. The van der Waals surface area contributed by atoms with Gasteiger partial charge in [-0.1, -0.05) is 29.2 Å². The molecule has 2 aromatic rings. The maximum Gasteiger partial charge on any atom is 0.243 e. The van der Waals surface area contributed by atoms with E-state index >= 15 is 0 Å². The number of nitrogens with zero attached hydrogens (tertiary/aromatic N) is 2. The Morgan fingerprint density at radius 1 is 1.40 bits per heavy atom. The second kappa shape index (κ2) is 6.61. The Morgan fingerprint density at radius 2 is 2.35 bits per heavy atom. The molecule has 1 aromatic carbocycles. The highest BCUT2D eigenvalue weighted by molar-refractivity contribution is 7.98. The molecule has 3 rings (SSSR count). The number of rotatable bonds is 4. The van der Waals surface area contributed by atoms with Crippen LogP contribution in [0.4, 0.5) is 0 Å². The first-order valence-electron chi connectivity index (χ1n) is 6.75. The van der Waals surface area contributed by atoms with Crippen LogP contribution in [0.2, 0.25) is 5.02 Å². The van der Waals surface area contributed by atoms with E-state index in [1.54, 1.807) is 11.8 Å². The van der Waals surface area contributed by atoms with Gasteiger partial charge in [-0.05, 0) is 37.6 Å². The van der Waals surface area contributed by atoms with Crippen molar-refractivity contribution in [3.63, 3.8) is 0 Å². The molecule has 1 fully saturated rings. The Balaban J connectivity index is 1.59. The second-order valence-electron chi connectivity index (χ2n) is 4.80. The molecule has 1 aromatic heterocycles. The van der Waals surface area contributed by atoms with Crippen LogP contribution in [0.15, 0.2) is 33.7 Å². The van der Waals surface area contributed by atoms with Gasteiger partial charge in [0.2, 0.25) is 5.89 Å². The Hall–Kier alpha value is -1.04. The Kier molecular flexibility index (Phi) is 4.60. The maximum atomic E-state index is 5.96. The molecule has 2 heterocycles. The maximum absolute atomic E-state index is 5.96. The summed E-state index contributed by atoms with van der Waals surface area (Å²) in [7, 11) is 0. The van der Waals surface area contributed by atoms with Crippen molar-refractivity contribution in [2.24, 2.45) is 0 Å². The summed E-state index contributed by atoms with van der Waals surface area (Å²) in [5.41, 5.74) is 0. The van der Waals surface area contributed by atoms with Crippen LogP contribution in [0.1, 0.15) is 37.0 Å². The van der Waals surface area contributed by atoms with Crippen molar-refractivity contribution in [3.8, 4) is 0 Å². The van der Waals surface area contributed by atoms with Gasteiger partial charge in [-0.25, -0.2) is 0 Å². The fraction of sp³-hybridized carbons (Fsp3) is 0.429. The summed E-state index contributed by atoms with van der Waals surface area (Å²) in [6.07, 6.45) is 3.51. The Labute approximate surface area is 127 Å². The monoisotopic (exact) mass is 309 g/mol. The normalized spacial score (nSPS) is 19.1. The minimum absolute atomic E-state index is 0.223. The van der Waals surface area contributed by atoms with E-state index in [1.165, 1.54) is 12.8 Å². The number of thioether (sulfide) groups is 1. The highest BCUT2D eigenvalue weighted by Gasteiger charge is 2.20. The van der Waals surface area contributed by atoms with Crippen LogP contribution in [0, 0.1) is 0 Å². The third-order valence-corrected chi connectivity index (χ3v) is 4.48. The van der Waals surface area contributed by atoms with Crippen LogP contribution in [0.3, 0.4) is 0 Å². The van der Waals surface area contributed by atoms with Crippen LogP contribution >= 0.6 is 23.4 Å². The standard InChI is InChI=1S/C14H16ClN3OS/c15-10-4-3-5-11(8-10)20-9-13-17-14(19-18-13)12-6-1-2-7-16-12/h3-5,8,12,16H,1-2,6-7,9H2/t12-/m1/s1. The van der Waals surface area contributed by atoms with Gasteiger partial charge in [0, 0.05) is 9.92 Å². The van der Waals surface area contributed by atoms with Crippen LogP contribution in [0.25, 0.3) is 0 Å². The van der Waals surface area contributed by atoms with E-state index in [0.29, 0.717) is 11.6 Å². The molecule has 106 valence electrons. The summed E-state index contributed by atoms with van der Waals surface area (Å²) >= 11 is 7.62. The zero-order valence-electron chi connectivity index (χ0n) is 11.0. The van der Waals surface area contributed by atoms with Crippen LogP contribution in [-0.4, -0.2) is 16.7 Å². The van der Waals surface area contributed by atoms with Gasteiger partial charge in [0.05, 0.1) is 11.8 Å². The first kappa shape index (κ1) is 13.9. The van der Waals surface area contributed by atoms with Gasteiger partial charge in [0.15, 0.2) is 5.82 Å². The summed E-state index contributed by atoms with van der Waals surface area (Å²) in [4.78, 5) is 5.59. The fourth-order valence-corrected chi connectivity index (χ4v) is 3.29. The Bertz CT molecular complexity index is 569. The van der Waals surface area contributed by atoms with E-state index in [1.807, 2.05) is 24.3 Å². The molecule has 1 atom stereocenters. The number of halogens is 1. The minimum Gasteiger partial charge on any atom is -0.338 e. The van der Waals surface area contributed by atoms with E-state index in [4.69, 9.17) is 16.1 Å². The molecular weight excluding hydrogens is 294 g/mol. The summed E-state index contributed by atoms with van der Waals surface area (Å²) < 4.78 is 5.35. The number of aromatic nitrogens is 2. The van der Waals surface area contributed by atoms with E-state index in [0.717, 1.165) is 28.7 Å². The van der Waals surface area contributed by atoms with Gasteiger partial charge in [-0.15, -0.1) is 11.8 Å². The van der Waals surface area contributed by atoms with E-state index in [9.17, 15) is 0 Å². The largest absolute Gasteiger partial charge is 0.338 e. The van der Waals surface area contributed by atoms with Crippen LogP contribution < -0.4 is 5.32 Å². The summed E-state index contributed by atoms with van der Waals surface area (Å²) in [5, 5.41) is 8.20. The first-order chi connectivity index (χ1) is 9.81. The lowest BCUT2D eigenvalue weighted by Gasteiger charge is -2.19. The van der Waals surface area contributed by atoms with Gasteiger partial charge in [0.1, 0.15) is 0 Å². The molecule has 1 saturated heterocycles. The van der Waals surface area contributed by atoms with Crippen molar-refractivity contribution in [1.82, 2.24) is 15.5 Å². The highest BCUT2D eigenvalue weighted by atomic mass is 35.5. The first-order valence-corrected chi connectivity index (χ1v) is 8.12. The highest BCUT2D eigenvalue weighted by Crippen LogP contribution is 2.26. The number of hydrogen-bond donors (Lipinski definition) is 1. The Morgan fingerprint density at radius 3 is 3.15 bits per heavy atom. The summed E-state index contributed by atoms with van der Waals surface area (Å²) in [6.45, 7) is 1.03. The van der Waals surface area contributed by atoms with Crippen molar-refractivity contribution in [2.45, 2.75) is 36.0 Å². The van der Waals surface area contributed by atoms with Gasteiger partial charge >= 0.3 is 0 Å². The molecular formula is C14H16ClN3OS. The average molecular weight is 310 g/mol. The van der Waals surface area contributed by atoms with Gasteiger partial charge in [0.25, 0.3) is 0 Å². The molecule has 0 spiro atoms. The lowest BCUT2D eigenvalue weighted by atomic mass is 10.1. The van der Waals surface area contributed by atoms with Gasteiger partial charge in [-0.3, -0.25) is 0 Å². The molecule has 4 nitrogen and oxygen atoms in total. The zero-order valence-corrected chi connectivity index (χ0v) is 12.6. The van der Waals surface area contributed by atoms with Crippen molar-refractivity contribution in [2.75, 3.05) is 6.54 Å². The number of nitrogens with one attached hydrogen (secondary N) is 1. The number of benzene rings is 1. The fourth-order valence-electron chi connectivity index (χ4n) is 2.23. The predicted molar refractivity (Wildman–Crippen MR) is 79.9 cm³/mol. The van der Waals surface area contributed by atoms with E-state index in [-0.39, 0.29) is 6.04 Å². The van der Waals surface area contributed by atoms with E-state index < -0.39 is 0 Å². The van der Waals surface area contributed by atoms with Crippen molar-refractivity contribution >= 4 is 23.4 Å². The third-order valence-electron chi connectivity index (χ3n) is 3.26. The van der Waals surface area contributed by atoms with Crippen LogP contribution in [-0.2, 0) is 5.75 Å². The van der Waals surface area contributed by atoms with Gasteiger partial charge < -0.3 is 9.84 Å². The second-order valence-corrected chi connectivity index (χ2v) is 6.28. The lowest BCUT2D eigenvalue weighted by Crippen LogP contribution is -2.26. The third kappa shape index (κ3) is 3.53. The van der Waals surface area contributed by atoms with E-state index in [2.05, 4.69) is 15.5 Å². The molecule has 20 heavy (non-hydrogen) atoms. The summed E-state index contributed by atoms with van der Waals surface area (Å²) in [6, 6.07) is 8.00. The quantitative estimate of drug-likeness (QED) is 0.870. The summed E-state index contributed by atoms with van der Waals surface area (Å²) in [5.74, 6) is 2.14. The van der Waals surface area contributed by atoms with Crippen molar-refractivity contribution < 1.29 is 4.52 Å². The number of hydrogen-bond acceptors (Lipinski definition) is 5. The topological polar surface area (TPSA) is 51.0 Å². The molecule has 0 aliphatic carbocycles. The molecule has 1 N–H and O–H groups in total. The number of piperidine rings is 1. The molecule has 0 unspecified atom stereocenters. The molecule has 0 radical (unpaired) electrons. The molecule has 1 aliphatic heterocycles. The van der Waals surface area contributed by atoms with Crippen LogP contribution in [0.5, 0.6) is 0 Å².